The highest BCUT2D eigenvalue weighted by Gasteiger charge is 2.11. The molecule has 1 atom stereocenters. The van der Waals surface area contributed by atoms with Gasteiger partial charge in [0.05, 0.1) is 0 Å². The molecule has 0 heterocycles. The van der Waals surface area contributed by atoms with Crippen LogP contribution in [0.1, 0.15) is 50.3 Å². The van der Waals surface area contributed by atoms with Crippen molar-refractivity contribution in [2.45, 2.75) is 46.1 Å². The van der Waals surface area contributed by atoms with Crippen molar-refractivity contribution in [3.05, 3.63) is 35.1 Å². The van der Waals surface area contributed by atoms with E-state index in [1.165, 1.54) is 0 Å². The third-order valence-corrected chi connectivity index (χ3v) is 3.12. The first-order valence-electron chi connectivity index (χ1n) is 7.26. The molecule has 19 heavy (non-hydrogen) atoms. The molecule has 0 fully saturated rings. The molecule has 0 spiro atoms. The Labute approximate surface area is 116 Å². The first kappa shape index (κ1) is 16.1. The highest BCUT2D eigenvalue weighted by molar-refractivity contribution is 5.26. The predicted molar refractivity (Wildman–Crippen MR) is 77.9 cm³/mol. The predicted octanol–water partition coefficient (Wildman–Crippen LogP) is 3.99. The van der Waals surface area contributed by atoms with E-state index in [4.69, 9.17) is 4.74 Å². The highest BCUT2D eigenvalue weighted by Crippen LogP contribution is 2.20. The minimum absolute atomic E-state index is 0.139. The molecule has 108 valence electrons. The van der Waals surface area contributed by atoms with E-state index in [0.717, 1.165) is 44.6 Å². The normalized spacial score (nSPS) is 12.6. The number of benzene rings is 1. The second kappa shape index (κ2) is 9.05. The van der Waals surface area contributed by atoms with E-state index in [2.05, 4.69) is 19.2 Å². The average molecular weight is 267 g/mol. The van der Waals surface area contributed by atoms with Gasteiger partial charge in [-0.1, -0.05) is 26.0 Å². The lowest BCUT2D eigenvalue weighted by Gasteiger charge is -2.19. The summed E-state index contributed by atoms with van der Waals surface area (Å²) in [5.74, 6) is -0.139. The second-order valence-corrected chi connectivity index (χ2v) is 4.92. The Kier molecular flexibility index (Phi) is 7.68. The van der Waals surface area contributed by atoms with Gasteiger partial charge in [0.1, 0.15) is 5.82 Å². The maximum absolute atomic E-state index is 13.3. The number of rotatable bonds is 9. The van der Waals surface area contributed by atoms with Gasteiger partial charge in [-0.05, 0) is 49.9 Å². The van der Waals surface area contributed by atoms with E-state index in [1.54, 1.807) is 6.07 Å². The largest absolute Gasteiger partial charge is 0.381 e. The fraction of sp³-hybridized carbons (Fsp3) is 0.625. The molecule has 0 saturated carbocycles. The summed E-state index contributed by atoms with van der Waals surface area (Å²) in [5, 5.41) is 3.51. The summed E-state index contributed by atoms with van der Waals surface area (Å²) in [7, 11) is 0. The molecule has 1 aromatic rings. The highest BCUT2D eigenvalue weighted by atomic mass is 19.1. The van der Waals surface area contributed by atoms with Crippen LogP contribution in [-0.4, -0.2) is 19.8 Å². The lowest BCUT2D eigenvalue weighted by atomic mass is 10.0. The van der Waals surface area contributed by atoms with E-state index in [-0.39, 0.29) is 11.9 Å². The molecule has 0 aliphatic rings. The van der Waals surface area contributed by atoms with Crippen LogP contribution in [0.2, 0.25) is 0 Å². The van der Waals surface area contributed by atoms with Gasteiger partial charge in [-0.3, -0.25) is 0 Å². The molecule has 2 nitrogen and oxygen atoms in total. The molecular formula is C16H26FNO. The summed E-state index contributed by atoms with van der Waals surface area (Å²) >= 11 is 0. The van der Waals surface area contributed by atoms with Crippen LogP contribution in [0.3, 0.4) is 0 Å². The first-order chi connectivity index (χ1) is 9.19. The minimum Gasteiger partial charge on any atom is -0.381 e. The molecule has 1 N–H and O–H groups in total. The summed E-state index contributed by atoms with van der Waals surface area (Å²) in [6.45, 7) is 8.58. The standard InChI is InChI=1S/C16H26FNO/c1-4-9-18-16(8-11-19-10-5-2)14-6-7-15(17)13(3)12-14/h6-7,12,16,18H,4-5,8-11H2,1-3H3. The number of aryl methyl sites for hydroxylation is 1. The fourth-order valence-electron chi connectivity index (χ4n) is 2.04. The van der Waals surface area contributed by atoms with Crippen LogP contribution in [0.4, 0.5) is 4.39 Å². The minimum atomic E-state index is -0.139. The van der Waals surface area contributed by atoms with E-state index in [1.807, 2.05) is 19.1 Å². The van der Waals surface area contributed by atoms with Crippen molar-refractivity contribution in [3.63, 3.8) is 0 Å². The van der Waals surface area contributed by atoms with E-state index in [0.29, 0.717) is 5.56 Å². The molecule has 0 aliphatic heterocycles. The van der Waals surface area contributed by atoms with Gasteiger partial charge in [0.15, 0.2) is 0 Å². The number of hydrogen-bond acceptors (Lipinski definition) is 2. The lowest BCUT2D eigenvalue weighted by molar-refractivity contribution is 0.124. The molecule has 0 bridgehead atoms. The van der Waals surface area contributed by atoms with E-state index in [9.17, 15) is 4.39 Å². The molecule has 0 aliphatic carbocycles. The maximum Gasteiger partial charge on any atom is 0.126 e. The molecule has 1 unspecified atom stereocenters. The first-order valence-corrected chi connectivity index (χ1v) is 7.26. The molecule has 0 amide bonds. The zero-order valence-corrected chi connectivity index (χ0v) is 12.3. The fourth-order valence-corrected chi connectivity index (χ4v) is 2.04. The Bertz CT molecular complexity index is 368. The lowest BCUT2D eigenvalue weighted by Crippen LogP contribution is -2.23. The van der Waals surface area contributed by atoms with Crippen molar-refractivity contribution < 1.29 is 9.13 Å². The summed E-state index contributed by atoms with van der Waals surface area (Å²) in [6.07, 6.45) is 3.06. The van der Waals surface area contributed by atoms with Gasteiger partial charge in [0.2, 0.25) is 0 Å². The van der Waals surface area contributed by atoms with Crippen LogP contribution in [-0.2, 0) is 4.74 Å². The SMILES string of the molecule is CCCNC(CCOCCC)c1ccc(F)c(C)c1. The van der Waals surface area contributed by atoms with Gasteiger partial charge in [-0.15, -0.1) is 0 Å². The Morgan fingerprint density at radius 2 is 2.00 bits per heavy atom. The zero-order chi connectivity index (χ0) is 14.1. The maximum atomic E-state index is 13.3. The van der Waals surface area contributed by atoms with Gasteiger partial charge < -0.3 is 10.1 Å². The molecule has 3 heteroatoms. The summed E-state index contributed by atoms with van der Waals surface area (Å²) in [4.78, 5) is 0. The molecule has 1 aromatic carbocycles. The Morgan fingerprint density at radius 3 is 2.63 bits per heavy atom. The smallest absolute Gasteiger partial charge is 0.126 e. The van der Waals surface area contributed by atoms with Gasteiger partial charge in [0.25, 0.3) is 0 Å². The molecule has 1 rings (SSSR count). The van der Waals surface area contributed by atoms with Crippen molar-refractivity contribution in [1.29, 1.82) is 0 Å². The van der Waals surface area contributed by atoms with Crippen molar-refractivity contribution >= 4 is 0 Å². The summed E-state index contributed by atoms with van der Waals surface area (Å²) < 4.78 is 18.9. The topological polar surface area (TPSA) is 21.3 Å². The third-order valence-electron chi connectivity index (χ3n) is 3.12. The quantitative estimate of drug-likeness (QED) is 0.683. The number of hydrogen-bond donors (Lipinski definition) is 1. The average Bonchev–Trinajstić information content (AvgIpc) is 2.41. The van der Waals surface area contributed by atoms with Crippen molar-refractivity contribution in [1.82, 2.24) is 5.32 Å². The van der Waals surface area contributed by atoms with E-state index >= 15 is 0 Å². The van der Waals surface area contributed by atoms with Crippen molar-refractivity contribution in [2.75, 3.05) is 19.8 Å². The molecule has 0 radical (unpaired) electrons. The van der Waals surface area contributed by atoms with Gasteiger partial charge in [-0.2, -0.15) is 0 Å². The molecule has 0 aromatic heterocycles. The Hall–Kier alpha value is -0.930. The van der Waals surface area contributed by atoms with Crippen LogP contribution in [0.15, 0.2) is 18.2 Å². The van der Waals surface area contributed by atoms with Crippen molar-refractivity contribution in [3.8, 4) is 0 Å². The van der Waals surface area contributed by atoms with Crippen LogP contribution < -0.4 is 5.32 Å². The van der Waals surface area contributed by atoms with Crippen LogP contribution in [0, 0.1) is 12.7 Å². The number of ether oxygens (including phenoxy) is 1. The van der Waals surface area contributed by atoms with Crippen molar-refractivity contribution in [2.24, 2.45) is 0 Å². The Balaban J connectivity index is 2.63. The second-order valence-electron chi connectivity index (χ2n) is 4.92. The van der Waals surface area contributed by atoms with E-state index < -0.39 is 0 Å². The third kappa shape index (κ3) is 5.70. The monoisotopic (exact) mass is 267 g/mol. The summed E-state index contributed by atoms with van der Waals surface area (Å²) in [6, 6.07) is 5.60. The van der Waals surface area contributed by atoms with Gasteiger partial charge >= 0.3 is 0 Å². The van der Waals surface area contributed by atoms with Crippen LogP contribution in [0.5, 0.6) is 0 Å². The van der Waals surface area contributed by atoms with Crippen LogP contribution >= 0.6 is 0 Å². The van der Waals surface area contributed by atoms with Gasteiger partial charge in [-0.25, -0.2) is 4.39 Å². The number of nitrogens with one attached hydrogen (secondary N) is 1. The van der Waals surface area contributed by atoms with Crippen LogP contribution in [0.25, 0.3) is 0 Å². The molecule has 0 saturated heterocycles. The summed E-state index contributed by atoms with van der Waals surface area (Å²) in [5.41, 5.74) is 1.85. The zero-order valence-electron chi connectivity index (χ0n) is 12.3. The molecular weight excluding hydrogens is 241 g/mol. The number of halogens is 1. The Morgan fingerprint density at radius 1 is 1.21 bits per heavy atom. The van der Waals surface area contributed by atoms with Gasteiger partial charge in [0, 0.05) is 19.3 Å².